The lowest BCUT2D eigenvalue weighted by atomic mass is 10.2. The van der Waals surface area contributed by atoms with Crippen LogP contribution in [0.15, 0.2) is 12.7 Å². The highest BCUT2D eigenvalue weighted by atomic mass is 33.1. The molecule has 0 radical (unpaired) electrons. The van der Waals surface area contributed by atoms with Gasteiger partial charge in [-0.25, -0.2) is 28.6 Å². The number of hydrogen-bond acceptors (Lipinski definition) is 20. The summed E-state index contributed by atoms with van der Waals surface area (Å²) >= 11 is 0. The summed E-state index contributed by atoms with van der Waals surface area (Å²) in [7, 11) is -14.0. The van der Waals surface area contributed by atoms with Crippen molar-refractivity contribution in [2.24, 2.45) is 5.73 Å². The monoisotopic (exact) mass is 887 g/mol. The number of anilines is 1. The number of fused-ring (bicyclic) bond motifs is 1. The van der Waals surface area contributed by atoms with Crippen molar-refractivity contribution >= 4 is 67.9 Å². The molecule has 1 saturated heterocycles. The number of carbonyl (C=O) groups excluding carboxylic acids is 1. The average Bonchev–Trinajstić information content (AvgIpc) is 3.70. The predicted molar refractivity (Wildman–Crippen MR) is 197 cm³/mol. The number of ether oxygens (including phenoxy) is 6. The van der Waals surface area contributed by atoms with E-state index in [1.807, 2.05) is 13.8 Å². The van der Waals surface area contributed by atoms with Gasteiger partial charge in [0.2, 0.25) is 5.91 Å². The number of imidazole rings is 1. The number of nitrogen functional groups attached to an aromatic ring is 1. The zero-order valence-electron chi connectivity index (χ0n) is 30.0. The minimum absolute atomic E-state index is 0.0829. The van der Waals surface area contributed by atoms with Gasteiger partial charge in [0.05, 0.1) is 71.9 Å². The second-order valence-corrected chi connectivity index (χ2v) is 19.3. The number of rotatable bonds is 29. The smallest absolute Gasteiger partial charge is 0.382 e. The number of phosphoric ester groups is 1. The van der Waals surface area contributed by atoms with Gasteiger partial charge in [-0.15, -0.1) is 0 Å². The zero-order chi connectivity index (χ0) is 40.5. The molecule has 0 aliphatic carbocycles. The van der Waals surface area contributed by atoms with Gasteiger partial charge < -0.3 is 64.8 Å². The number of carbonyl (C=O) groups is 1. The van der Waals surface area contributed by atoms with Crippen LogP contribution in [0, 0.1) is 0 Å². The molecule has 2 aromatic heterocycles. The van der Waals surface area contributed by atoms with Gasteiger partial charge in [-0.3, -0.25) is 13.9 Å². The minimum Gasteiger partial charge on any atom is -0.382 e. The fourth-order valence-electron chi connectivity index (χ4n) is 4.49. The molecule has 1 fully saturated rings. The molecule has 1 aliphatic rings. The number of nitrogens with zero attached hydrogens (tertiary/aromatic N) is 4. The minimum atomic E-state index is -5.73. The summed E-state index contributed by atoms with van der Waals surface area (Å²) in [6.45, 7) is 7.12. The molecule has 316 valence electrons. The maximum absolute atomic E-state index is 12.4. The molecule has 3 rings (SSSR count). The Morgan fingerprint density at radius 3 is 2.24 bits per heavy atom. The van der Waals surface area contributed by atoms with E-state index in [-0.39, 0.29) is 37.1 Å². The first-order valence-corrected chi connectivity index (χ1v) is 23.3. The topological polar surface area (TPSA) is 340 Å². The Labute approximate surface area is 324 Å². The predicted octanol–water partition coefficient (Wildman–Crippen LogP) is 1.07. The molecule has 1 aliphatic heterocycles. The average molecular weight is 888 g/mol. The van der Waals surface area contributed by atoms with Gasteiger partial charge in [-0.05, 0) is 13.8 Å². The van der Waals surface area contributed by atoms with Crippen LogP contribution in [-0.2, 0) is 60.1 Å². The van der Waals surface area contributed by atoms with Crippen molar-refractivity contribution < 1.29 is 79.6 Å². The second-order valence-electron chi connectivity index (χ2n) is 11.9. The van der Waals surface area contributed by atoms with Crippen LogP contribution >= 0.6 is 45.1 Å². The Morgan fingerprint density at radius 2 is 1.60 bits per heavy atom. The summed E-state index contributed by atoms with van der Waals surface area (Å²) in [6.07, 6.45) is 0.291. The van der Waals surface area contributed by atoms with Gasteiger partial charge in [0.15, 0.2) is 11.5 Å². The number of phosphoric acid groups is 3. The van der Waals surface area contributed by atoms with Crippen LogP contribution in [0.3, 0.4) is 0 Å². The molecule has 3 heterocycles. The molecule has 0 spiro atoms. The number of nitrogens with one attached hydrogen (secondary N) is 1. The summed E-state index contributed by atoms with van der Waals surface area (Å²) in [5.41, 5.74) is 11.9. The van der Waals surface area contributed by atoms with Crippen LogP contribution < -0.4 is 16.8 Å². The maximum atomic E-state index is 12.4. The Kier molecular flexibility index (Phi) is 20.3. The van der Waals surface area contributed by atoms with Crippen molar-refractivity contribution in [3.63, 3.8) is 0 Å². The van der Waals surface area contributed by atoms with E-state index in [1.54, 1.807) is 4.57 Å². The van der Waals surface area contributed by atoms with Crippen molar-refractivity contribution in [2.45, 2.75) is 49.9 Å². The molecule has 29 heteroatoms. The van der Waals surface area contributed by atoms with Crippen molar-refractivity contribution in [3.8, 4) is 0 Å². The molecule has 2 aromatic rings. The van der Waals surface area contributed by atoms with Gasteiger partial charge >= 0.3 is 23.5 Å². The van der Waals surface area contributed by atoms with Crippen LogP contribution in [0.4, 0.5) is 5.82 Å². The quantitative estimate of drug-likeness (QED) is 0.0260. The van der Waals surface area contributed by atoms with Gasteiger partial charge in [-0.1, -0.05) is 21.6 Å². The third-order valence-electron chi connectivity index (χ3n) is 6.87. The van der Waals surface area contributed by atoms with E-state index >= 15 is 0 Å². The van der Waals surface area contributed by atoms with Crippen LogP contribution in [0.1, 0.15) is 32.9 Å². The van der Waals surface area contributed by atoms with Gasteiger partial charge in [0.1, 0.15) is 30.1 Å². The highest BCUT2D eigenvalue weighted by Gasteiger charge is 2.43. The summed E-state index contributed by atoms with van der Waals surface area (Å²) in [6, 6.07) is 0. The fraction of sp³-hybridized carbons (Fsp3) is 0.769. The van der Waals surface area contributed by atoms with E-state index in [1.165, 1.54) is 34.2 Å². The van der Waals surface area contributed by atoms with Gasteiger partial charge in [0, 0.05) is 30.7 Å². The maximum Gasteiger partial charge on any atom is 0.490 e. The number of hydrogen-bond donors (Lipinski definition) is 7. The number of amides is 1. The molecular formula is C26H48N7O17P3S2. The van der Waals surface area contributed by atoms with E-state index in [0.717, 1.165) is 0 Å². The van der Waals surface area contributed by atoms with Crippen LogP contribution in [0.25, 0.3) is 11.2 Å². The molecule has 2 unspecified atom stereocenters. The van der Waals surface area contributed by atoms with Crippen LogP contribution in [0.5, 0.6) is 0 Å². The van der Waals surface area contributed by atoms with Crippen molar-refractivity contribution in [1.82, 2.24) is 24.8 Å². The Bertz CT molecular complexity index is 1630. The summed E-state index contributed by atoms with van der Waals surface area (Å²) < 4.78 is 82.1. The van der Waals surface area contributed by atoms with E-state index in [0.29, 0.717) is 70.5 Å². The molecule has 0 aromatic carbocycles. The van der Waals surface area contributed by atoms with Crippen LogP contribution in [-0.4, -0.2) is 140 Å². The van der Waals surface area contributed by atoms with Crippen LogP contribution in [0.2, 0.25) is 0 Å². The van der Waals surface area contributed by atoms with Crippen molar-refractivity contribution in [2.75, 3.05) is 84.2 Å². The second kappa shape index (κ2) is 23.3. The molecule has 24 nitrogen and oxygen atoms in total. The molecule has 5 atom stereocenters. The SMILES string of the molecule is CC(C)(CNC(=O)CCOCCOCCOCCOCCN)SSCO[C@@H]1C[C@H](n2cnc3c(N)ncnc32)O[C@@H]1COP(=O)(O)OP(=O)(O)OP(=O)(O)O. The third-order valence-corrected chi connectivity index (χ3v) is 13.6. The molecular weight excluding hydrogens is 839 g/mol. The normalized spacial score (nSPS) is 20.1. The molecule has 55 heavy (non-hydrogen) atoms. The zero-order valence-corrected chi connectivity index (χ0v) is 34.3. The Hall–Kier alpha value is -1.35. The molecule has 9 N–H and O–H groups in total. The first kappa shape index (κ1) is 48.0. The lowest BCUT2D eigenvalue weighted by Gasteiger charge is -2.24. The Morgan fingerprint density at radius 1 is 0.964 bits per heavy atom. The summed E-state index contributed by atoms with van der Waals surface area (Å²) in [5, 5.41) is 2.88. The lowest BCUT2D eigenvalue weighted by Crippen LogP contribution is -2.36. The highest BCUT2D eigenvalue weighted by molar-refractivity contribution is 8.77. The van der Waals surface area contributed by atoms with E-state index < -0.39 is 53.3 Å². The largest absolute Gasteiger partial charge is 0.490 e. The lowest BCUT2D eigenvalue weighted by molar-refractivity contribution is -0.122. The first-order chi connectivity index (χ1) is 25.9. The Balaban J connectivity index is 1.42. The van der Waals surface area contributed by atoms with E-state index in [9.17, 15) is 28.3 Å². The molecule has 0 bridgehead atoms. The third kappa shape index (κ3) is 18.8. The highest BCUT2D eigenvalue weighted by Crippen LogP contribution is 2.66. The summed E-state index contributed by atoms with van der Waals surface area (Å²) in [4.78, 5) is 61.7. The standard InChI is InChI=1S/C26H48N7O17P3S2/c1-26(2,15-29-21(34)3-5-42-7-9-44-11-12-45-10-8-43-6-4-27)55-54-18-46-19-13-22(33-17-32-23-24(28)30-16-31-25(23)33)48-20(19)14-47-52(38,39)50-53(40,41)49-51(35,36)37/h16-17,19-20,22H,3-15,18,27H2,1-2H3,(H,29,34)(H,38,39)(H,40,41)(H2,28,30,31)(H2,35,36,37)/t19-,20-,22-/m1/s1. The number of nitrogens with two attached hydrogens (primary N) is 2. The molecule has 0 saturated carbocycles. The van der Waals surface area contributed by atoms with Crippen molar-refractivity contribution in [3.05, 3.63) is 12.7 Å². The first-order valence-electron chi connectivity index (χ1n) is 16.5. The van der Waals surface area contributed by atoms with Gasteiger partial charge in [-0.2, -0.15) is 8.62 Å². The summed E-state index contributed by atoms with van der Waals surface area (Å²) in [5.74, 6) is 0.0209. The number of aromatic nitrogens is 4. The van der Waals surface area contributed by atoms with E-state index in [4.69, 9.17) is 54.2 Å². The fourth-order valence-corrected chi connectivity index (χ4v) is 9.69. The van der Waals surface area contributed by atoms with Gasteiger partial charge in [0.25, 0.3) is 0 Å². The van der Waals surface area contributed by atoms with E-state index in [2.05, 4.69) is 28.9 Å². The van der Waals surface area contributed by atoms with Crippen molar-refractivity contribution in [1.29, 1.82) is 0 Å². The molecule has 1 amide bonds.